The normalized spacial score (nSPS) is 15.6. The SMILES string of the molecule is CCCCCCCCCCCC1=[N+](CC)CCN1C(C)O.CCOS(=O)(=O)[O-]. The number of hydrogen-bond acceptors (Lipinski definition) is 6. The maximum atomic E-state index is 9.86. The van der Waals surface area contributed by atoms with E-state index >= 15 is 0 Å². The summed E-state index contributed by atoms with van der Waals surface area (Å²) in [6.45, 7) is 10.8. The standard InChI is InChI=1S/C18H37N2O.C2H6O4S/c1-4-6-7-8-9-10-11-12-13-14-18-19(5-2)15-16-20(18)17(3)21;1-2-6-7(3,4)5/h17,21H,4-16H2,1-3H3;2H2,1H3,(H,3,4,5)/q+1;/p-1. The van der Waals surface area contributed by atoms with E-state index in [0.29, 0.717) is 0 Å². The third-order valence-electron chi connectivity index (χ3n) is 4.91. The van der Waals surface area contributed by atoms with E-state index in [9.17, 15) is 18.1 Å². The molecule has 0 aliphatic carbocycles. The van der Waals surface area contributed by atoms with Crippen LogP contribution in [0.15, 0.2) is 0 Å². The van der Waals surface area contributed by atoms with Crippen molar-refractivity contribution in [2.24, 2.45) is 0 Å². The number of hydrogen-bond donors (Lipinski definition) is 1. The molecule has 1 unspecified atom stereocenters. The smallest absolute Gasteiger partial charge is 0.249 e. The summed E-state index contributed by atoms with van der Waals surface area (Å²) in [4.78, 5) is 2.17. The summed E-state index contributed by atoms with van der Waals surface area (Å²) in [6, 6.07) is 0. The van der Waals surface area contributed by atoms with Crippen LogP contribution in [0.2, 0.25) is 0 Å². The van der Waals surface area contributed by atoms with E-state index in [4.69, 9.17) is 0 Å². The molecular weight excluding hydrogens is 380 g/mol. The first-order chi connectivity index (χ1) is 13.3. The minimum atomic E-state index is -4.42. The molecule has 0 saturated carbocycles. The molecule has 1 heterocycles. The van der Waals surface area contributed by atoms with Gasteiger partial charge in [-0.15, -0.1) is 0 Å². The molecule has 8 heteroatoms. The largest absolute Gasteiger partial charge is 0.726 e. The van der Waals surface area contributed by atoms with Crippen molar-refractivity contribution in [1.82, 2.24) is 4.90 Å². The predicted molar refractivity (Wildman–Crippen MR) is 112 cm³/mol. The van der Waals surface area contributed by atoms with E-state index in [1.54, 1.807) is 0 Å². The van der Waals surface area contributed by atoms with Gasteiger partial charge < -0.3 is 9.66 Å². The van der Waals surface area contributed by atoms with Crippen LogP contribution in [0.1, 0.15) is 91.9 Å². The van der Waals surface area contributed by atoms with E-state index in [2.05, 4.69) is 27.5 Å². The highest BCUT2D eigenvalue weighted by atomic mass is 32.3. The van der Waals surface area contributed by atoms with Gasteiger partial charge in [0.2, 0.25) is 16.2 Å². The fourth-order valence-corrected chi connectivity index (χ4v) is 3.74. The molecular formula is C20H42N2O5S. The summed E-state index contributed by atoms with van der Waals surface area (Å²) < 4.78 is 34.4. The minimum absolute atomic E-state index is 0.0914. The van der Waals surface area contributed by atoms with Crippen LogP contribution in [-0.4, -0.2) is 65.9 Å². The van der Waals surface area contributed by atoms with E-state index in [1.807, 2.05) is 6.92 Å². The van der Waals surface area contributed by atoms with Crippen LogP contribution in [0.3, 0.4) is 0 Å². The van der Waals surface area contributed by atoms with Gasteiger partial charge in [0.15, 0.2) is 6.23 Å². The van der Waals surface area contributed by atoms with Gasteiger partial charge in [-0.1, -0.05) is 58.3 Å². The van der Waals surface area contributed by atoms with Crippen molar-refractivity contribution in [3.63, 3.8) is 0 Å². The Hall–Kier alpha value is -0.700. The Labute approximate surface area is 172 Å². The minimum Gasteiger partial charge on any atom is -0.726 e. The lowest BCUT2D eigenvalue weighted by atomic mass is 10.1. The Morgan fingerprint density at radius 1 is 1.07 bits per heavy atom. The van der Waals surface area contributed by atoms with Gasteiger partial charge >= 0.3 is 0 Å². The third-order valence-corrected chi connectivity index (χ3v) is 5.43. The molecule has 0 bridgehead atoms. The molecule has 0 fully saturated rings. The van der Waals surface area contributed by atoms with E-state index in [1.165, 1.54) is 70.5 Å². The molecule has 0 aromatic rings. The van der Waals surface area contributed by atoms with Crippen molar-refractivity contribution in [1.29, 1.82) is 0 Å². The maximum Gasteiger partial charge on any atom is 0.249 e. The molecule has 0 spiro atoms. The Balaban J connectivity index is 0.000000887. The van der Waals surface area contributed by atoms with Gasteiger partial charge in [-0.25, -0.2) is 13.3 Å². The van der Waals surface area contributed by atoms with Crippen molar-refractivity contribution >= 4 is 16.2 Å². The monoisotopic (exact) mass is 422 g/mol. The number of aliphatic hydroxyl groups excluding tert-OH is 1. The number of unbranched alkanes of at least 4 members (excludes halogenated alkanes) is 8. The predicted octanol–water partition coefficient (Wildman–Crippen LogP) is 3.48. The molecule has 0 saturated heterocycles. The summed E-state index contributed by atoms with van der Waals surface area (Å²) >= 11 is 0. The molecule has 7 nitrogen and oxygen atoms in total. The van der Waals surface area contributed by atoms with Crippen LogP contribution < -0.4 is 0 Å². The van der Waals surface area contributed by atoms with Gasteiger partial charge in [0, 0.05) is 13.3 Å². The van der Waals surface area contributed by atoms with Crippen LogP contribution in [-0.2, 0) is 14.6 Å². The second-order valence-corrected chi connectivity index (χ2v) is 8.27. The number of likely N-dealkylation sites (N-methyl/N-ethyl adjacent to an activating group) is 1. The van der Waals surface area contributed by atoms with Crippen LogP contribution >= 0.6 is 0 Å². The number of nitrogens with zero attached hydrogens (tertiary/aromatic N) is 2. The molecule has 0 amide bonds. The zero-order chi connectivity index (χ0) is 21.4. The summed E-state index contributed by atoms with van der Waals surface area (Å²) in [7, 11) is -4.42. The van der Waals surface area contributed by atoms with Crippen LogP contribution in [0.25, 0.3) is 0 Å². The lowest BCUT2D eigenvalue weighted by Crippen LogP contribution is -2.37. The van der Waals surface area contributed by atoms with Crippen LogP contribution in [0, 0.1) is 0 Å². The Morgan fingerprint density at radius 2 is 1.61 bits per heavy atom. The Morgan fingerprint density at radius 3 is 2.00 bits per heavy atom. The molecule has 1 rings (SSSR count). The molecule has 0 aromatic carbocycles. The Bertz CT molecular complexity index is 521. The van der Waals surface area contributed by atoms with Crippen LogP contribution in [0.5, 0.6) is 0 Å². The van der Waals surface area contributed by atoms with Gasteiger partial charge in [-0.3, -0.25) is 8.76 Å². The van der Waals surface area contributed by atoms with E-state index in [-0.39, 0.29) is 12.8 Å². The molecule has 0 radical (unpaired) electrons. The fraction of sp³-hybridized carbons (Fsp3) is 0.950. The molecule has 1 N–H and O–H groups in total. The van der Waals surface area contributed by atoms with Crippen molar-refractivity contribution in [3.8, 4) is 0 Å². The van der Waals surface area contributed by atoms with Crippen molar-refractivity contribution < 1.29 is 26.8 Å². The quantitative estimate of drug-likeness (QED) is 0.199. The molecule has 1 atom stereocenters. The first-order valence-electron chi connectivity index (χ1n) is 10.9. The topological polar surface area (TPSA) is 92.9 Å². The fourth-order valence-electron chi connectivity index (χ4n) is 3.45. The molecule has 0 aromatic heterocycles. The third kappa shape index (κ3) is 13.5. The van der Waals surface area contributed by atoms with Gasteiger partial charge in [0.25, 0.3) is 0 Å². The van der Waals surface area contributed by atoms with Gasteiger partial charge in [-0.2, -0.15) is 0 Å². The molecule has 1 aliphatic heterocycles. The number of aliphatic hydroxyl groups is 1. The first-order valence-corrected chi connectivity index (χ1v) is 12.3. The van der Waals surface area contributed by atoms with Crippen molar-refractivity contribution in [3.05, 3.63) is 0 Å². The average Bonchev–Trinajstić information content (AvgIpc) is 3.03. The number of rotatable bonds is 14. The van der Waals surface area contributed by atoms with Crippen LogP contribution in [0.4, 0.5) is 0 Å². The lowest BCUT2D eigenvalue weighted by molar-refractivity contribution is -0.515. The highest BCUT2D eigenvalue weighted by Gasteiger charge is 2.31. The highest BCUT2D eigenvalue weighted by molar-refractivity contribution is 7.80. The summed E-state index contributed by atoms with van der Waals surface area (Å²) in [6.07, 6.45) is 13.2. The first kappa shape index (κ1) is 27.3. The second-order valence-electron chi connectivity index (χ2n) is 7.21. The zero-order valence-electron chi connectivity index (χ0n) is 18.4. The average molecular weight is 423 g/mol. The number of amidine groups is 1. The van der Waals surface area contributed by atoms with E-state index in [0.717, 1.165) is 26.1 Å². The van der Waals surface area contributed by atoms with Crippen molar-refractivity contribution in [2.45, 2.75) is 98.1 Å². The van der Waals surface area contributed by atoms with Gasteiger partial charge in [0.1, 0.15) is 13.1 Å². The molecule has 168 valence electrons. The lowest BCUT2D eigenvalue weighted by Gasteiger charge is -2.16. The maximum absolute atomic E-state index is 9.86. The summed E-state index contributed by atoms with van der Waals surface area (Å²) in [5, 5.41) is 9.86. The van der Waals surface area contributed by atoms with Crippen molar-refractivity contribution in [2.75, 3.05) is 26.2 Å². The molecule has 1 aliphatic rings. The Kier molecular flexibility index (Phi) is 15.7. The summed E-state index contributed by atoms with van der Waals surface area (Å²) in [5.41, 5.74) is 0. The highest BCUT2D eigenvalue weighted by Crippen LogP contribution is 2.14. The second kappa shape index (κ2) is 16.1. The molecule has 28 heavy (non-hydrogen) atoms. The van der Waals surface area contributed by atoms with E-state index < -0.39 is 10.4 Å². The van der Waals surface area contributed by atoms with Gasteiger partial charge in [0.05, 0.1) is 13.2 Å². The zero-order valence-corrected chi connectivity index (χ0v) is 19.2. The summed E-state index contributed by atoms with van der Waals surface area (Å²) in [5.74, 6) is 1.37. The van der Waals surface area contributed by atoms with Gasteiger partial charge in [-0.05, 0) is 20.3 Å².